The van der Waals surface area contributed by atoms with E-state index < -0.39 is 26.0 Å². The van der Waals surface area contributed by atoms with Gasteiger partial charge in [0.1, 0.15) is 0 Å². The van der Waals surface area contributed by atoms with Crippen molar-refractivity contribution in [1.82, 2.24) is 0 Å². The van der Waals surface area contributed by atoms with E-state index in [1.165, 1.54) is 54.6 Å². The van der Waals surface area contributed by atoms with Crippen LogP contribution >= 0.6 is 11.6 Å². The molecule has 3 N–H and O–H groups in total. The fourth-order valence-corrected chi connectivity index (χ4v) is 5.79. The molecule has 4 aromatic carbocycles. The molecule has 8 nitrogen and oxygen atoms in total. The summed E-state index contributed by atoms with van der Waals surface area (Å²) in [5.74, 6) is -0.574. The summed E-state index contributed by atoms with van der Waals surface area (Å²) in [6.07, 6.45) is 0. The molecule has 0 aliphatic rings. The van der Waals surface area contributed by atoms with E-state index in [-0.39, 0.29) is 21.0 Å². The quantitative estimate of drug-likeness (QED) is 0.265. The molecule has 0 unspecified atom stereocenters. The van der Waals surface area contributed by atoms with E-state index in [0.29, 0.717) is 22.0 Å². The van der Waals surface area contributed by atoms with Crippen LogP contribution in [0.2, 0.25) is 5.02 Å². The zero-order valence-electron chi connectivity index (χ0n) is 19.5. The number of carbonyl (C=O) groups excluding carboxylic acids is 1. The normalized spacial score (nSPS) is 11.5. The number of carbonyl (C=O) groups is 1. The van der Waals surface area contributed by atoms with E-state index >= 15 is 0 Å². The van der Waals surface area contributed by atoms with Crippen molar-refractivity contribution in [1.29, 1.82) is 0 Å². The van der Waals surface area contributed by atoms with Gasteiger partial charge in [0.15, 0.2) is 0 Å². The number of anilines is 3. The van der Waals surface area contributed by atoms with Crippen molar-refractivity contribution in [2.24, 2.45) is 0 Å². The summed E-state index contributed by atoms with van der Waals surface area (Å²) in [6.45, 7) is 1.75. The number of halogens is 1. The average molecular weight is 556 g/mol. The highest BCUT2D eigenvalue weighted by atomic mass is 35.5. The van der Waals surface area contributed by atoms with Gasteiger partial charge in [-0.05, 0) is 73.2 Å². The molecular weight excluding hydrogens is 534 g/mol. The maximum atomic E-state index is 13.0. The van der Waals surface area contributed by atoms with E-state index in [4.69, 9.17) is 11.6 Å². The molecule has 37 heavy (non-hydrogen) atoms. The molecule has 0 radical (unpaired) electrons. The topological polar surface area (TPSA) is 121 Å². The molecule has 11 heteroatoms. The van der Waals surface area contributed by atoms with Crippen LogP contribution in [0.5, 0.6) is 0 Å². The summed E-state index contributed by atoms with van der Waals surface area (Å²) in [6, 6.07) is 24.4. The van der Waals surface area contributed by atoms with Gasteiger partial charge in [-0.1, -0.05) is 48.0 Å². The molecule has 0 bridgehead atoms. The van der Waals surface area contributed by atoms with Gasteiger partial charge < -0.3 is 5.32 Å². The van der Waals surface area contributed by atoms with Gasteiger partial charge in [-0.25, -0.2) is 16.8 Å². The number of sulfonamides is 2. The first-order valence-electron chi connectivity index (χ1n) is 10.9. The lowest BCUT2D eigenvalue weighted by atomic mass is 10.1. The van der Waals surface area contributed by atoms with Crippen LogP contribution in [0.1, 0.15) is 15.9 Å². The van der Waals surface area contributed by atoms with Gasteiger partial charge in [0.2, 0.25) is 0 Å². The molecule has 0 aliphatic carbocycles. The molecule has 190 valence electrons. The Balaban J connectivity index is 1.51. The van der Waals surface area contributed by atoms with Crippen molar-refractivity contribution in [2.45, 2.75) is 16.7 Å². The van der Waals surface area contributed by atoms with E-state index in [0.717, 1.165) is 0 Å². The predicted octanol–water partition coefficient (Wildman–Crippen LogP) is 5.50. The van der Waals surface area contributed by atoms with Crippen LogP contribution < -0.4 is 14.8 Å². The minimum atomic E-state index is -3.91. The first-order chi connectivity index (χ1) is 17.5. The predicted molar refractivity (Wildman–Crippen MR) is 145 cm³/mol. The zero-order valence-corrected chi connectivity index (χ0v) is 21.9. The Morgan fingerprint density at radius 2 is 1.24 bits per heavy atom. The molecule has 1 amide bonds. The second-order valence-corrected chi connectivity index (χ2v) is 11.8. The largest absolute Gasteiger partial charge is 0.322 e. The van der Waals surface area contributed by atoms with Gasteiger partial charge in [0.25, 0.3) is 26.0 Å². The van der Waals surface area contributed by atoms with Gasteiger partial charge in [0, 0.05) is 10.7 Å². The molecule has 0 atom stereocenters. The molecule has 0 aromatic heterocycles. The number of aryl methyl sites for hydroxylation is 1. The third-order valence-corrected chi connectivity index (χ3v) is 8.33. The Labute approximate surface area is 220 Å². The molecule has 4 aromatic rings. The summed E-state index contributed by atoms with van der Waals surface area (Å²) in [4.78, 5) is 13.0. The van der Waals surface area contributed by atoms with Gasteiger partial charge in [-0.2, -0.15) is 0 Å². The Bertz CT molecular complexity index is 1660. The molecule has 4 rings (SSSR count). The van der Waals surface area contributed by atoms with Gasteiger partial charge in [-0.3, -0.25) is 14.2 Å². The number of hydrogen-bond acceptors (Lipinski definition) is 5. The third-order valence-electron chi connectivity index (χ3n) is 5.34. The summed E-state index contributed by atoms with van der Waals surface area (Å²) in [5.41, 5.74) is 1.59. The smallest absolute Gasteiger partial charge is 0.261 e. The average Bonchev–Trinajstić information content (AvgIpc) is 2.87. The Morgan fingerprint density at radius 1 is 0.676 bits per heavy atom. The lowest BCUT2D eigenvalue weighted by Gasteiger charge is -2.13. The molecule has 0 saturated heterocycles. The fourth-order valence-electron chi connectivity index (χ4n) is 3.40. The highest BCUT2D eigenvalue weighted by Crippen LogP contribution is 2.25. The first kappa shape index (κ1) is 26.2. The van der Waals surface area contributed by atoms with E-state index in [1.807, 2.05) is 0 Å². The SMILES string of the molecule is Cc1ccc(Cl)cc1NS(=O)(=O)c1ccc(NC(=O)c2ccccc2NS(=O)(=O)c2ccccc2)cc1. The van der Waals surface area contributed by atoms with Crippen LogP contribution in [0.25, 0.3) is 0 Å². The number of nitrogens with one attached hydrogen (secondary N) is 3. The minimum absolute atomic E-state index is 0.0131. The number of amides is 1. The minimum Gasteiger partial charge on any atom is -0.322 e. The van der Waals surface area contributed by atoms with Crippen molar-refractivity contribution in [3.63, 3.8) is 0 Å². The number of rotatable bonds is 8. The summed E-state index contributed by atoms with van der Waals surface area (Å²) < 4.78 is 56.0. The van der Waals surface area contributed by atoms with Crippen molar-refractivity contribution < 1.29 is 21.6 Å². The highest BCUT2D eigenvalue weighted by molar-refractivity contribution is 7.93. The molecule has 0 fully saturated rings. The summed E-state index contributed by atoms with van der Waals surface area (Å²) in [7, 11) is -7.81. The molecule has 0 saturated carbocycles. The molecule has 0 spiro atoms. The van der Waals surface area contributed by atoms with Crippen LogP contribution in [0.4, 0.5) is 17.1 Å². The van der Waals surface area contributed by atoms with Crippen molar-refractivity contribution in [2.75, 3.05) is 14.8 Å². The number of benzene rings is 4. The first-order valence-corrected chi connectivity index (χ1v) is 14.3. The number of para-hydroxylation sites is 1. The highest BCUT2D eigenvalue weighted by Gasteiger charge is 2.19. The van der Waals surface area contributed by atoms with Crippen LogP contribution in [-0.2, 0) is 20.0 Å². The summed E-state index contributed by atoms with van der Waals surface area (Å²) in [5, 5.41) is 3.06. The van der Waals surface area contributed by atoms with Crippen molar-refractivity contribution in [3.8, 4) is 0 Å². The Kier molecular flexibility index (Phi) is 7.53. The maximum absolute atomic E-state index is 13.0. The van der Waals surface area contributed by atoms with Crippen LogP contribution in [-0.4, -0.2) is 22.7 Å². The molecule has 0 heterocycles. The number of hydrogen-bond donors (Lipinski definition) is 3. The fraction of sp³-hybridized carbons (Fsp3) is 0.0385. The van der Waals surface area contributed by atoms with E-state index in [2.05, 4.69) is 14.8 Å². The van der Waals surface area contributed by atoms with E-state index in [9.17, 15) is 21.6 Å². The van der Waals surface area contributed by atoms with Crippen LogP contribution in [0.15, 0.2) is 107 Å². The van der Waals surface area contributed by atoms with E-state index in [1.54, 1.807) is 49.4 Å². The standard InChI is InChI=1S/C26H22ClN3O5S2/c1-18-11-12-19(27)17-25(18)30-37(34,35)22-15-13-20(14-16-22)28-26(31)23-9-5-6-10-24(23)29-36(32,33)21-7-3-2-4-8-21/h2-17,29-30H,1H3,(H,28,31). The lowest BCUT2D eigenvalue weighted by molar-refractivity contribution is 0.102. The second kappa shape index (κ2) is 10.6. The third kappa shape index (κ3) is 6.29. The lowest BCUT2D eigenvalue weighted by Crippen LogP contribution is -2.18. The van der Waals surface area contributed by atoms with Gasteiger partial charge in [-0.15, -0.1) is 0 Å². The monoisotopic (exact) mass is 555 g/mol. The maximum Gasteiger partial charge on any atom is 0.261 e. The molecule has 0 aliphatic heterocycles. The molecular formula is C26H22ClN3O5S2. The second-order valence-electron chi connectivity index (χ2n) is 8.01. The zero-order chi connectivity index (χ0) is 26.6. The van der Waals surface area contributed by atoms with Crippen molar-refractivity contribution in [3.05, 3.63) is 113 Å². The van der Waals surface area contributed by atoms with Crippen molar-refractivity contribution >= 4 is 54.6 Å². The van der Waals surface area contributed by atoms with Gasteiger partial charge >= 0.3 is 0 Å². The van der Waals surface area contributed by atoms with Crippen LogP contribution in [0, 0.1) is 6.92 Å². The summed E-state index contributed by atoms with van der Waals surface area (Å²) >= 11 is 5.98. The van der Waals surface area contributed by atoms with Gasteiger partial charge in [0.05, 0.1) is 26.7 Å². The Morgan fingerprint density at radius 3 is 1.92 bits per heavy atom. The van der Waals surface area contributed by atoms with Crippen LogP contribution in [0.3, 0.4) is 0 Å². The Hall–Kier alpha value is -3.86.